The summed E-state index contributed by atoms with van der Waals surface area (Å²) in [6.45, 7) is 6.61. The molecule has 0 bridgehead atoms. The Hall–Kier alpha value is -1.91. The van der Waals surface area contributed by atoms with Gasteiger partial charge in [-0.05, 0) is 53.7 Å². The van der Waals surface area contributed by atoms with E-state index in [1.807, 2.05) is 29.8 Å². The van der Waals surface area contributed by atoms with Gasteiger partial charge < -0.3 is 5.73 Å². The van der Waals surface area contributed by atoms with Crippen LogP contribution >= 0.6 is 0 Å². The van der Waals surface area contributed by atoms with Crippen LogP contribution in [0.3, 0.4) is 0 Å². The Morgan fingerprint density at radius 2 is 2.15 bits per heavy atom. The molecule has 1 saturated carbocycles. The monoisotopic (exact) mass is 271 g/mol. The molecular formula is C15H21N5. The molecule has 1 aliphatic carbocycles. The number of hydrogen-bond acceptors (Lipinski definition) is 4. The van der Waals surface area contributed by atoms with E-state index in [0.29, 0.717) is 11.5 Å². The van der Waals surface area contributed by atoms with Crippen molar-refractivity contribution in [1.82, 2.24) is 20.2 Å². The number of hydrogen-bond donors (Lipinski definition) is 1. The Balaban J connectivity index is 1.96. The fourth-order valence-electron chi connectivity index (χ4n) is 3.02. The number of rotatable bonds is 2. The third kappa shape index (κ3) is 2.28. The minimum atomic E-state index is 0.375. The van der Waals surface area contributed by atoms with E-state index in [2.05, 4.69) is 29.4 Å². The molecule has 2 N–H and O–H groups in total. The van der Waals surface area contributed by atoms with Crippen LogP contribution in [0.1, 0.15) is 44.7 Å². The number of anilines is 1. The molecule has 0 spiro atoms. The van der Waals surface area contributed by atoms with E-state index < -0.39 is 0 Å². The van der Waals surface area contributed by atoms with Gasteiger partial charge >= 0.3 is 0 Å². The van der Waals surface area contributed by atoms with Crippen molar-refractivity contribution in [2.75, 3.05) is 5.73 Å². The lowest BCUT2D eigenvalue weighted by atomic mass is 9.92. The summed E-state index contributed by atoms with van der Waals surface area (Å²) in [5, 5.41) is 12.3. The summed E-state index contributed by atoms with van der Waals surface area (Å²) in [6.07, 6.45) is 3.46. The second-order valence-electron chi connectivity index (χ2n) is 6.58. The molecule has 0 aliphatic heterocycles. The van der Waals surface area contributed by atoms with E-state index in [4.69, 9.17) is 5.73 Å². The van der Waals surface area contributed by atoms with Gasteiger partial charge in [0.1, 0.15) is 0 Å². The summed E-state index contributed by atoms with van der Waals surface area (Å²) in [7, 11) is 0. The molecule has 2 aromatic rings. The van der Waals surface area contributed by atoms with Crippen molar-refractivity contribution in [1.29, 1.82) is 0 Å². The van der Waals surface area contributed by atoms with Gasteiger partial charge in [0.25, 0.3) is 0 Å². The summed E-state index contributed by atoms with van der Waals surface area (Å²) in [5.74, 6) is 0.819. The van der Waals surface area contributed by atoms with Crippen LogP contribution < -0.4 is 5.73 Å². The Kier molecular flexibility index (Phi) is 3.00. The van der Waals surface area contributed by atoms with Crippen LogP contribution in [0.15, 0.2) is 18.2 Å². The minimum absolute atomic E-state index is 0.375. The van der Waals surface area contributed by atoms with Crippen molar-refractivity contribution in [2.45, 2.75) is 46.1 Å². The Labute approximate surface area is 119 Å². The van der Waals surface area contributed by atoms with Crippen molar-refractivity contribution >= 4 is 5.69 Å². The zero-order valence-electron chi connectivity index (χ0n) is 12.3. The molecule has 1 fully saturated rings. The smallest absolute Gasteiger partial charge is 0.182 e. The highest BCUT2D eigenvalue weighted by Gasteiger charge is 2.34. The van der Waals surface area contributed by atoms with Crippen LogP contribution in [0.25, 0.3) is 11.4 Å². The fraction of sp³-hybridized carbons (Fsp3) is 0.533. The van der Waals surface area contributed by atoms with Crippen molar-refractivity contribution in [3.8, 4) is 11.4 Å². The van der Waals surface area contributed by atoms with E-state index in [-0.39, 0.29) is 0 Å². The topological polar surface area (TPSA) is 69.6 Å². The third-order valence-corrected chi connectivity index (χ3v) is 4.32. The highest BCUT2D eigenvalue weighted by atomic mass is 15.5. The highest BCUT2D eigenvalue weighted by Crippen LogP contribution is 2.44. The van der Waals surface area contributed by atoms with Crippen molar-refractivity contribution in [2.24, 2.45) is 5.41 Å². The molecule has 1 atom stereocenters. The number of aryl methyl sites for hydroxylation is 1. The number of tetrazole rings is 1. The average molecular weight is 271 g/mol. The van der Waals surface area contributed by atoms with E-state index in [0.717, 1.165) is 35.5 Å². The van der Waals surface area contributed by atoms with Gasteiger partial charge in [-0.3, -0.25) is 0 Å². The van der Waals surface area contributed by atoms with Gasteiger partial charge in [0.2, 0.25) is 0 Å². The van der Waals surface area contributed by atoms with Gasteiger partial charge in [-0.2, -0.15) is 0 Å². The van der Waals surface area contributed by atoms with Crippen molar-refractivity contribution in [3.05, 3.63) is 23.8 Å². The van der Waals surface area contributed by atoms with Gasteiger partial charge in [-0.1, -0.05) is 26.0 Å². The Bertz CT molecular complexity index is 629. The number of nitrogen functional groups attached to an aromatic ring is 1. The van der Waals surface area contributed by atoms with Crippen LogP contribution in [0.2, 0.25) is 0 Å². The van der Waals surface area contributed by atoms with Gasteiger partial charge in [-0.25, -0.2) is 4.68 Å². The van der Waals surface area contributed by atoms with Crippen LogP contribution in [0, 0.1) is 12.3 Å². The summed E-state index contributed by atoms with van der Waals surface area (Å²) in [5.41, 5.74) is 9.22. The zero-order valence-corrected chi connectivity index (χ0v) is 12.3. The minimum Gasteiger partial charge on any atom is -0.398 e. The average Bonchev–Trinajstić information content (AvgIpc) is 2.98. The molecule has 5 nitrogen and oxygen atoms in total. The molecule has 20 heavy (non-hydrogen) atoms. The summed E-state index contributed by atoms with van der Waals surface area (Å²) < 4.78 is 1.97. The molecule has 1 heterocycles. The van der Waals surface area contributed by atoms with Crippen LogP contribution in [-0.2, 0) is 0 Å². The first-order valence-electron chi connectivity index (χ1n) is 7.11. The predicted molar refractivity (Wildman–Crippen MR) is 79.1 cm³/mol. The molecular weight excluding hydrogens is 250 g/mol. The molecule has 0 radical (unpaired) electrons. The van der Waals surface area contributed by atoms with Crippen LogP contribution in [0.4, 0.5) is 5.69 Å². The summed E-state index contributed by atoms with van der Waals surface area (Å²) >= 11 is 0. The number of nitrogens with two attached hydrogens (primary N) is 1. The first-order chi connectivity index (χ1) is 9.46. The lowest BCUT2D eigenvalue weighted by Gasteiger charge is -2.17. The molecule has 106 valence electrons. The second kappa shape index (κ2) is 4.58. The maximum absolute atomic E-state index is 6.00. The first-order valence-corrected chi connectivity index (χ1v) is 7.11. The maximum Gasteiger partial charge on any atom is 0.182 e. The molecule has 1 aliphatic rings. The second-order valence-corrected chi connectivity index (χ2v) is 6.58. The van der Waals surface area contributed by atoms with E-state index >= 15 is 0 Å². The molecule has 0 saturated heterocycles. The summed E-state index contributed by atoms with van der Waals surface area (Å²) in [6, 6.07) is 6.39. The van der Waals surface area contributed by atoms with E-state index in [1.54, 1.807) is 0 Å². The zero-order chi connectivity index (χ0) is 14.3. The highest BCUT2D eigenvalue weighted by molar-refractivity contribution is 5.63. The first kappa shape index (κ1) is 13.1. The molecule has 5 heteroatoms. The van der Waals surface area contributed by atoms with Crippen molar-refractivity contribution in [3.63, 3.8) is 0 Å². The van der Waals surface area contributed by atoms with Crippen LogP contribution in [0.5, 0.6) is 0 Å². The molecule has 1 aromatic heterocycles. The lowest BCUT2D eigenvalue weighted by molar-refractivity contribution is 0.349. The van der Waals surface area contributed by atoms with E-state index in [9.17, 15) is 0 Å². The third-order valence-electron chi connectivity index (χ3n) is 4.32. The molecule has 1 aromatic carbocycles. The summed E-state index contributed by atoms with van der Waals surface area (Å²) in [4.78, 5) is 0. The Morgan fingerprint density at radius 1 is 1.35 bits per heavy atom. The molecule has 3 rings (SSSR count). The number of benzene rings is 1. The van der Waals surface area contributed by atoms with Gasteiger partial charge in [-0.15, -0.1) is 5.10 Å². The SMILES string of the molecule is Cc1ccc(-c2nnnn2C2CCC(C)(C)C2)cc1N. The van der Waals surface area contributed by atoms with Crippen LogP contribution in [-0.4, -0.2) is 20.2 Å². The quantitative estimate of drug-likeness (QED) is 0.852. The fourth-order valence-corrected chi connectivity index (χ4v) is 3.02. The van der Waals surface area contributed by atoms with Gasteiger partial charge in [0.05, 0.1) is 6.04 Å². The van der Waals surface area contributed by atoms with Crippen molar-refractivity contribution < 1.29 is 0 Å². The molecule has 0 amide bonds. The Morgan fingerprint density at radius 3 is 2.80 bits per heavy atom. The largest absolute Gasteiger partial charge is 0.398 e. The predicted octanol–water partition coefficient (Wildman–Crippen LogP) is 2.98. The number of aromatic nitrogens is 4. The maximum atomic E-state index is 6.00. The standard InChI is InChI=1S/C15H21N5/c1-10-4-5-11(8-13(10)16)14-17-18-19-20(14)12-6-7-15(2,3)9-12/h4-5,8,12H,6-7,9,16H2,1-3H3. The van der Waals surface area contributed by atoms with Gasteiger partial charge in [0, 0.05) is 11.3 Å². The van der Waals surface area contributed by atoms with E-state index in [1.165, 1.54) is 6.42 Å². The number of nitrogens with zero attached hydrogens (tertiary/aromatic N) is 4. The van der Waals surface area contributed by atoms with Gasteiger partial charge in [0.15, 0.2) is 5.82 Å². The lowest BCUT2D eigenvalue weighted by Crippen LogP contribution is -2.12. The molecule has 1 unspecified atom stereocenters. The normalized spacial score (nSPS) is 21.2.